The van der Waals surface area contributed by atoms with Crippen molar-refractivity contribution in [1.82, 2.24) is 0 Å². The Morgan fingerprint density at radius 3 is 2.00 bits per heavy atom. The Morgan fingerprint density at radius 2 is 1.47 bits per heavy atom. The van der Waals surface area contributed by atoms with Gasteiger partial charge in [0.25, 0.3) is 0 Å². The van der Waals surface area contributed by atoms with Crippen molar-refractivity contribution in [3.05, 3.63) is 35.5 Å². The first kappa shape index (κ1) is 14.2. The third-order valence-corrected chi connectivity index (χ3v) is 2.64. The summed E-state index contributed by atoms with van der Waals surface area (Å²) in [6.45, 7) is 8.23. The minimum Gasteiger partial charge on any atom is -0.0877 e. The maximum atomic E-state index is 2.28. The monoisotopic (exact) mass is 206 g/mol. The highest BCUT2D eigenvalue weighted by Gasteiger charge is 2.07. The van der Waals surface area contributed by atoms with E-state index >= 15 is 0 Å². The fraction of sp³-hybridized carbons (Fsp3) is 0.600. The first-order chi connectivity index (χ1) is 7.38. The Morgan fingerprint density at radius 1 is 0.867 bits per heavy atom. The molecule has 0 aliphatic heterocycles. The summed E-state index contributed by atoms with van der Waals surface area (Å²) < 4.78 is 0. The quantitative estimate of drug-likeness (QED) is 0.502. The third kappa shape index (κ3) is 5.61. The van der Waals surface area contributed by atoms with Crippen LogP contribution in [0.1, 0.15) is 59.8 Å². The molecule has 0 amide bonds. The van der Waals surface area contributed by atoms with Gasteiger partial charge in [0, 0.05) is 0 Å². The van der Waals surface area contributed by atoms with Crippen molar-refractivity contribution in [2.75, 3.05) is 0 Å². The van der Waals surface area contributed by atoms with Crippen LogP contribution in [0.3, 0.4) is 0 Å². The Labute approximate surface area is 95.8 Å². The fourth-order valence-corrected chi connectivity index (χ4v) is 1.86. The van der Waals surface area contributed by atoms with Crippen LogP contribution in [0.15, 0.2) is 35.5 Å². The maximum Gasteiger partial charge on any atom is -0.0276 e. The van der Waals surface area contributed by atoms with Gasteiger partial charge in [-0.25, -0.2) is 0 Å². The maximum absolute atomic E-state index is 2.28. The van der Waals surface area contributed by atoms with E-state index in [1.807, 2.05) is 13.8 Å². The zero-order valence-electron chi connectivity index (χ0n) is 10.8. The summed E-state index contributed by atoms with van der Waals surface area (Å²) in [5.74, 6) is 0. The Hall–Kier alpha value is -0.780. The van der Waals surface area contributed by atoms with E-state index in [9.17, 15) is 0 Å². The van der Waals surface area contributed by atoms with E-state index in [1.165, 1.54) is 32.1 Å². The average molecular weight is 206 g/mol. The molecular weight excluding hydrogens is 180 g/mol. The molecule has 86 valence electrons. The molecule has 1 aliphatic carbocycles. The molecular formula is C15H26. The van der Waals surface area contributed by atoms with Gasteiger partial charge in [-0.3, -0.25) is 0 Å². The largest absolute Gasteiger partial charge is 0.0877 e. The SMILES string of the molecule is CC.C\C=C/C=C1/CCCCC/C1=C/C. The minimum atomic E-state index is 1.27. The van der Waals surface area contributed by atoms with E-state index in [-0.39, 0.29) is 0 Å². The van der Waals surface area contributed by atoms with Crippen LogP contribution in [-0.4, -0.2) is 0 Å². The Balaban J connectivity index is 0.000000921. The highest BCUT2D eigenvalue weighted by Crippen LogP contribution is 2.27. The van der Waals surface area contributed by atoms with Crippen LogP contribution in [0.2, 0.25) is 0 Å². The minimum absolute atomic E-state index is 1.27. The zero-order chi connectivity index (χ0) is 11.5. The summed E-state index contributed by atoms with van der Waals surface area (Å²) in [5, 5.41) is 0. The molecule has 0 atom stereocenters. The van der Waals surface area contributed by atoms with Gasteiger partial charge >= 0.3 is 0 Å². The second-order valence-corrected chi connectivity index (χ2v) is 3.59. The standard InChI is InChI=1S/C13H20.C2H6/c1-3-5-9-13-11-8-6-7-10-12(13)4-2;1-2/h3-5,9H,6-8,10-11H2,1-2H3;1-2H3/b5-3-,12-4-,13-9-;. The van der Waals surface area contributed by atoms with Crippen LogP contribution in [0, 0.1) is 0 Å². The van der Waals surface area contributed by atoms with Crippen molar-refractivity contribution >= 4 is 0 Å². The molecule has 0 aromatic heterocycles. The number of rotatable bonds is 1. The topological polar surface area (TPSA) is 0 Å². The fourth-order valence-electron chi connectivity index (χ4n) is 1.86. The van der Waals surface area contributed by atoms with Gasteiger partial charge in [0.2, 0.25) is 0 Å². The van der Waals surface area contributed by atoms with Crippen molar-refractivity contribution in [2.45, 2.75) is 59.8 Å². The van der Waals surface area contributed by atoms with Crippen LogP contribution in [0.25, 0.3) is 0 Å². The number of allylic oxidation sites excluding steroid dienone is 6. The van der Waals surface area contributed by atoms with Crippen LogP contribution < -0.4 is 0 Å². The third-order valence-electron chi connectivity index (χ3n) is 2.64. The molecule has 0 aromatic carbocycles. The Kier molecular flexibility index (Phi) is 9.26. The van der Waals surface area contributed by atoms with Crippen LogP contribution in [-0.2, 0) is 0 Å². The van der Waals surface area contributed by atoms with Gasteiger partial charge in [0.1, 0.15) is 0 Å². The molecule has 0 bridgehead atoms. The van der Waals surface area contributed by atoms with Gasteiger partial charge in [-0.05, 0) is 50.7 Å². The molecule has 0 saturated heterocycles. The van der Waals surface area contributed by atoms with Crippen molar-refractivity contribution in [2.24, 2.45) is 0 Å². The number of hydrogen-bond donors (Lipinski definition) is 0. The lowest BCUT2D eigenvalue weighted by Crippen LogP contribution is -1.85. The summed E-state index contributed by atoms with van der Waals surface area (Å²) in [5.41, 5.74) is 3.12. The van der Waals surface area contributed by atoms with Crippen molar-refractivity contribution in [1.29, 1.82) is 0 Å². The molecule has 0 unspecified atom stereocenters. The average Bonchev–Trinajstić information content (AvgIpc) is 2.53. The number of hydrogen-bond acceptors (Lipinski definition) is 0. The van der Waals surface area contributed by atoms with E-state index < -0.39 is 0 Å². The van der Waals surface area contributed by atoms with Gasteiger partial charge in [0.15, 0.2) is 0 Å². The summed E-state index contributed by atoms with van der Waals surface area (Å²) in [6.07, 6.45) is 15.5. The second-order valence-electron chi connectivity index (χ2n) is 3.59. The lowest BCUT2D eigenvalue weighted by Gasteiger charge is -2.05. The predicted molar refractivity (Wildman–Crippen MR) is 71.1 cm³/mol. The molecule has 0 nitrogen and oxygen atoms in total. The van der Waals surface area contributed by atoms with E-state index in [1.54, 1.807) is 11.1 Å². The van der Waals surface area contributed by atoms with Crippen molar-refractivity contribution in [3.8, 4) is 0 Å². The lowest BCUT2D eigenvalue weighted by molar-refractivity contribution is 0.719. The van der Waals surface area contributed by atoms with Gasteiger partial charge < -0.3 is 0 Å². The summed E-state index contributed by atoms with van der Waals surface area (Å²) in [4.78, 5) is 0. The van der Waals surface area contributed by atoms with E-state index in [4.69, 9.17) is 0 Å². The zero-order valence-corrected chi connectivity index (χ0v) is 10.8. The summed E-state index contributed by atoms with van der Waals surface area (Å²) >= 11 is 0. The molecule has 1 aliphatic rings. The van der Waals surface area contributed by atoms with Gasteiger partial charge in [-0.15, -0.1) is 0 Å². The lowest BCUT2D eigenvalue weighted by atomic mass is 10.0. The highest BCUT2D eigenvalue weighted by molar-refractivity contribution is 5.33. The molecule has 0 spiro atoms. The van der Waals surface area contributed by atoms with Gasteiger partial charge in [-0.1, -0.05) is 44.6 Å². The highest BCUT2D eigenvalue weighted by atomic mass is 14.1. The van der Waals surface area contributed by atoms with Gasteiger partial charge in [-0.2, -0.15) is 0 Å². The summed E-state index contributed by atoms with van der Waals surface area (Å²) in [6, 6.07) is 0. The first-order valence-corrected chi connectivity index (χ1v) is 6.36. The summed E-state index contributed by atoms with van der Waals surface area (Å²) in [7, 11) is 0. The predicted octanol–water partition coefficient (Wildman–Crippen LogP) is 5.43. The van der Waals surface area contributed by atoms with E-state index in [2.05, 4.69) is 38.2 Å². The molecule has 0 heteroatoms. The molecule has 0 aromatic rings. The Bertz CT molecular complexity index is 228. The van der Waals surface area contributed by atoms with E-state index in [0.717, 1.165) is 0 Å². The molecule has 15 heavy (non-hydrogen) atoms. The van der Waals surface area contributed by atoms with Gasteiger partial charge in [0.05, 0.1) is 0 Å². The molecule has 1 saturated carbocycles. The normalized spacial score (nSPS) is 22.7. The van der Waals surface area contributed by atoms with Crippen LogP contribution in [0.4, 0.5) is 0 Å². The van der Waals surface area contributed by atoms with E-state index in [0.29, 0.717) is 0 Å². The second kappa shape index (κ2) is 9.76. The smallest absolute Gasteiger partial charge is 0.0276 e. The molecule has 1 rings (SSSR count). The molecule has 0 N–H and O–H groups in total. The van der Waals surface area contributed by atoms with Crippen LogP contribution in [0.5, 0.6) is 0 Å². The molecule has 1 fully saturated rings. The van der Waals surface area contributed by atoms with Crippen molar-refractivity contribution in [3.63, 3.8) is 0 Å². The molecule has 0 heterocycles. The first-order valence-electron chi connectivity index (χ1n) is 6.36. The molecule has 0 radical (unpaired) electrons. The van der Waals surface area contributed by atoms with Crippen molar-refractivity contribution < 1.29 is 0 Å². The van der Waals surface area contributed by atoms with Crippen LogP contribution >= 0.6 is 0 Å².